The van der Waals surface area contributed by atoms with Gasteiger partial charge in [-0.3, -0.25) is 4.79 Å². The molecule has 10 nitrogen and oxygen atoms in total. The van der Waals surface area contributed by atoms with Gasteiger partial charge in [0.2, 0.25) is 0 Å². The van der Waals surface area contributed by atoms with E-state index in [2.05, 4.69) is 10.6 Å². The number of methoxy groups -OCH3 is 2. The molecule has 10 heteroatoms. The molecule has 0 radical (unpaired) electrons. The number of hydrogen-bond acceptors (Lipinski definition) is 8. The number of hydrogen-bond donors (Lipinski definition) is 2. The fourth-order valence-corrected chi connectivity index (χ4v) is 2.87. The predicted octanol–water partition coefficient (Wildman–Crippen LogP) is 3.05. The molecule has 0 bridgehead atoms. The molecule has 0 aromatic heterocycles. The number of carbonyl (C=O) groups excluding carboxylic acids is 3. The van der Waals surface area contributed by atoms with Gasteiger partial charge in [0.1, 0.15) is 30.6 Å². The van der Waals surface area contributed by atoms with E-state index in [4.69, 9.17) is 23.7 Å². The normalized spacial score (nSPS) is 11.9. The van der Waals surface area contributed by atoms with E-state index >= 15 is 0 Å². The quantitative estimate of drug-likeness (QED) is 0.336. The summed E-state index contributed by atoms with van der Waals surface area (Å²) in [5.74, 6) is -0.615. The minimum Gasteiger partial charge on any atom is -0.488 e. The highest BCUT2D eigenvalue weighted by molar-refractivity contribution is 5.94. The van der Waals surface area contributed by atoms with Gasteiger partial charge in [0.15, 0.2) is 6.29 Å². The molecule has 0 aliphatic rings. The second kappa shape index (κ2) is 14.1. The Balaban J connectivity index is 1.95. The molecule has 0 unspecified atom stereocenters. The van der Waals surface area contributed by atoms with Crippen molar-refractivity contribution in [3.63, 3.8) is 0 Å². The first-order valence-corrected chi connectivity index (χ1v) is 11.4. The lowest BCUT2D eigenvalue weighted by molar-refractivity contribution is -0.157. The van der Waals surface area contributed by atoms with Gasteiger partial charge in [-0.1, -0.05) is 30.3 Å². The molecule has 0 aliphatic heterocycles. The summed E-state index contributed by atoms with van der Waals surface area (Å²) in [4.78, 5) is 37.6. The fraction of sp³-hybridized carbons (Fsp3) is 0.423. The summed E-state index contributed by atoms with van der Waals surface area (Å²) in [6.45, 7) is 5.14. The van der Waals surface area contributed by atoms with Crippen molar-refractivity contribution >= 4 is 18.0 Å². The highest BCUT2D eigenvalue weighted by atomic mass is 16.7. The number of rotatable bonds is 12. The van der Waals surface area contributed by atoms with E-state index in [-0.39, 0.29) is 19.8 Å². The molecule has 2 amide bonds. The molecule has 0 fully saturated rings. The van der Waals surface area contributed by atoms with Crippen molar-refractivity contribution < 1.29 is 38.1 Å². The molecule has 0 saturated carbocycles. The predicted molar refractivity (Wildman–Crippen MR) is 131 cm³/mol. The summed E-state index contributed by atoms with van der Waals surface area (Å²) >= 11 is 0. The standard InChI is InChI=1S/C26H34N2O8/c1-26(2,3)36-24(30)21(28-25(31)35-16-18-9-7-6-8-10-18)15-27-23(29)19-11-13-20(14-12-19)34-17-22(32-4)33-5/h6-14,21-22H,15-17H2,1-5H3,(H,27,29)(H,28,31)/t21-/m0/s1. The fourth-order valence-electron chi connectivity index (χ4n) is 2.87. The molecule has 36 heavy (non-hydrogen) atoms. The van der Waals surface area contributed by atoms with Crippen LogP contribution in [-0.2, 0) is 30.3 Å². The summed E-state index contributed by atoms with van der Waals surface area (Å²) in [6.07, 6.45) is -1.32. The van der Waals surface area contributed by atoms with Crippen molar-refractivity contribution in [2.45, 2.75) is 45.3 Å². The monoisotopic (exact) mass is 502 g/mol. The van der Waals surface area contributed by atoms with Crippen LogP contribution in [0.15, 0.2) is 54.6 Å². The van der Waals surface area contributed by atoms with E-state index in [0.717, 1.165) is 5.56 Å². The second-order valence-corrected chi connectivity index (χ2v) is 8.74. The third-order valence-electron chi connectivity index (χ3n) is 4.69. The van der Waals surface area contributed by atoms with Gasteiger partial charge in [-0.05, 0) is 50.6 Å². The first kappa shape index (κ1) is 28.6. The topological polar surface area (TPSA) is 121 Å². The zero-order chi connectivity index (χ0) is 26.6. The minimum absolute atomic E-state index is 0.0317. The number of amides is 2. The molecule has 0 saturated heterocycles. The maximum absolute atomic E-state index is 12.7. The van der Waals surface area contributed by atoms with E-state index in [9.17, 15) is 14.4 Å². The molecule has 2 N–H and O–H groups in total. The Morgan fingerprint density at radius 1 is 0.917 bits per heavy atom. The molecule has 196 valence electrons. The zero-order valence-electron chi connectivity index (χ0n) is 21.2. The second-order valence-electron chi connectivity index (χ2n) is 8.74. The van der Waals surface area contributed by atoms with Crippen LogP contribution in [0, 0.1) is 0 Å². The summed E-state index contributed by atoms with van der Waals surface area (Å²) in [5, 5.41) is 5.11. The van der Waals surface area contributed by atoms with Gasteiger partial charge in [0.25, 0.3) is 5.91 Å². The third kappa shape index (κ3) is 10.3. The van der Waals surface area contributed by atoms with Gasteiger partial charge >= 0.3 is 12.1 Å². The number of esters is 1. The number of carbonyl (C=O) groups is 3. The SMILES string of the molecule is COC(COc1ccc(C(=O)NC[C@H](NC(=O)OCc2ccccc2)C(=O)OC(C)(C)C)cc1)OC. The molecule has 0 spiro atoms. The van der Waals surface area contributed by atoms with Gasteiger partial charge in [0, 0.05) is 26.3 Å². The molecule has 2 rings (SSSR count). The van der Waals surface area contributed by atoms with Gasteiger partial charge < -0.3 is 34.3 Å². The van der Waals surface area contributed by atoms with Crippen LogP contribution < -0.4 is 15.4 Å². The van der Waals surface area contributed by atoms with Crippen LogP contribution in [0.2, 0.25) is 0 Å². The largest absolute Gasteiger partial charge is 0.488 e. The average Bonchev–Trinajstić information content (AvgIpc) is 2.85. The van der Waals surface area contributed by atoms with Crippen molar-refractivity contribution in [3.05, 3.63) is 65.7 Å². The molecular formula is C26H34N2O8. The molecule has 2 aromatic carbocycles. The van der Waals surface area contributed by atoms with Crippen molar-refractivity contribution in [1.82, 2.24) is 10.6 Å². The zero-order valence-corrected chi connectivity index (χ0v) is 21.2. The Hall–Kier alpha value is -3.63. The third-order valence-corrected chi connectivity index (χ3v) is 4.69. The maximum Gasteiger partial charge on any atom is 0.408 e. The van der Waals surface area contributed by atoms with Crippen LogP contribution in [0.4, 0.5) is 4.79 Å². The number of ether oxygens (including phenoxy) is 5. The average molecular weight is 503 g/mol. The number of benzene rings is 2. The van der Waals surface area contributed by atoms with E-state index in [1.807, 2.05) is 30.3 Å². The van der Waals surface area contributed by atoms with Crippen LogP contribution >= 0.6 is 0 Å². The van der Waals surface area contributed by atoms with Gasteiger partial charge in [-0.2, -0.15) is 0 Å². The molecule has 1 atom stereocenters. The first-order chi connectivity index (χ1) is 17.1. The number of nitrogens with one attached hydrogen (secondary N) is 2. The van der Waals surface area contributed by atoms with Gasteiger partial charge in [0.05, 0.1) is 0 Å². The highest BCUT2D eigenvalue weighted by Gasteiger charge is 2.28. The van der Waals surface area contributed by atoms with Crippen molar-refractivity contribution in [1.29, 1.82) is 0 Å². The Labute approximate surface area is 211 Å². The molecule has 0 aliphatic carbocycles. The molecule has 2 aromatic rings. The van der Waals surface area contributed by atoms with E-state index < -0.39 is 35.9 Å². The van der Waals surface area contributed by atoms with Gasteiger partial charge in [-0.15, -0.1) is 0 Å². The number of alkyl carbamates (subject to hydrolysis) is 1. The Kier molecular flexibility index (Phi) is 11.2. The summed E-state index contributed by atoms with van der Waals surface area (Å²) in [6, 6.07) is 14.4. The van der Waals surface area contributed by atoms with Crippen molar-refractivity contribution in [2.24, 2.45) is 0 Å². The van der Waals surface area contributed by atoms with Crippen LogP contribution in [0.25, 0.3) is 0 Å². The lowest BCUT2D eigenvalue weighted by atomic mass is 10.1. The lowest BCUT2D eigenvalue weighted by Crippen LogP contribution is -2.50. The summed E-state index contributed by atoms with van der Waals surface area (Å²) in [7, 11) is 3.01. The van der Waals surface area contributed by atoms with Crippen molar-refractivity contribution in [3.8, 4) is 5.75 Å². The van der Waals surface area contributed by atoms with E-state index in [0.29, 0.717) is 11.3 Å². The Bertz CT molecular complexity index is 970. The molecular weight excluding hydrogens is 468 g/mol. The lowest BCUT2D eigenvalue weighted by Gasteiger charge is -2.24. The maximum atomic E-state index is 12.7. The summed E-state index contributed by atoms with van der Waals surface area (Å²) in [5.41, 5.74) is 0.351. The van der Waals surface area contributed by atoms with Gasteiger partial charge in [-0.25, -0.2) is 9.59 Å². The Morgan fingerprint density at radius 2 is 1.56 bits per heavy atom. The smallest absolute Gasteiger partial charge is 0.408 e. The van der Waals surface area contributed by atoms with Crippen LogP contribution in [-0.4, -0.2) is 63.3 Å². The molecule has 0 heterocycles. The van der Waals surface area contributed by atoms with E-state index in [1.54, 1.807) is 45.0 Å². The highest BCUT2D eigenvalue weighted by Crippen LogP contribution is 2.13. The van der Waals surface area contributed by atoms with Crippen LogP contribution in [0.1, 0.15) is 36.7 Å². The van der Waals surface area contributed by atoms with Crippen molar-refractivity contribution in [2.75, 3.05) is 27.4 Å². The minimum atomic E-state index is -1.15. The summed E-state index contributed by atoms with van der Waals surface area (Å²) < 4.78 is 26.3. The van der Waals surface area contributed by atoms with Crippen LogP contribution in [0.5, 0.6) is 5.75 Å². The van der Waals surface area contributed by atoms with Crippen LogP contribution in [0.3, 0.4) is 0 Å². The first-order valence-electron chi connectivity index (χ1n) is 11.4. The van der Waals surface area contributed by atoms with E-state index in [1.165, 1.54) is 14.2 Å². The Morgan fingerprint density at radius 3 is 2.14 bits per heavy atom.